The van der Waals surface area contributed by atoms with Gasteiger partial charge >= 0.3 is 0 Å². The highest BCUT2D eigenvalue weighted by Gasteiger charge is 2.26. The van der Waals surface area contributed by atoms with E-state index in [1.54, 1.807) is 6.33 Å². The number of hydrogen-bond acceptors (Lipinski definition) is 7. The minimum absolute atomic E-state index is 0.0128. The van der Waals surface area contributed by atoms with E-state index >= 15 is 0 Å². The predicted molar refractivity (Wildman–Crippen MR) is 93.5 cm³/mol. The van der Waals surface area contributed by atoms with Crippen molar-refractivity contribution < 1.29 is 9.53 Å². The number of aromatic nitrogens is 2. The van der Waals surface area contributed by atoms with Crippen LogP contribution in [0.3, 0.4) is 0 Å². The van der Waals surface area contributed by atoms with E-state index in [1.165, 1.54) is 0 Å². The van der Waals surface area contributed by atoms with E-state index in [0.717, 1.165) is 35.1 Å². The Hall–Kier alpha value is -2.87. The van der Waals surface area contributed by atoms with Crippen LogP contribution in [-0.2, 0) is 4.79 Å². The summed E-state index contributed by atoms with van der Waals surface area (Å²) in [6, 6.07) is 7.78. The van der Waals surface area contributed by atoms with E-state index in [9.17, 15) is 4.79 Å². The monoisotopic (exact) mass is 340 g/mol. The molecule has 2 aliphatic rings. The van der Waals surface area contributed by atoms with E-state index in [4.69, 9.17) is 4.74 Å². The molecule has 1 aromatic carbocycles. The number of hydrazine groups is 1. The lowest BCUT2D eigenvalue weighted by molar-refractivity contribution is -0.120. The molecule has 8 heteroatoms. The SMILES string of the molecule is CCOc1ccc2c(c1)C(c1cc(N3CCNC(=O)C3)ncn1)NN2. The molecule has 2 aromatic rings. The molecule has 1 atom stereocenters. The Bertz CT molecular complexity index is 796. The average Bonchev–Trinajstić information content (AvgIpc) is 3.05. The van der Waals surface area contributed by atoms with Crippen molar-refractivity contribution in [2.45, 2.75) is 13.0 Å². The lowest BCUT2D eigenvalue weighted by Gasteiger charge is -2.27. The number of benzene rings is 1. The molecule has 1 amide bonds. The van der Waals surface area contributed by atoms with Gasteiger partial charge in [-0.1, -0.05) is 0 Å². The summed E-state index contributed by atoms with van der Waals surface area (Å²) < 4.78 is 5.61. The molecule has 3 heterocycles. The highest BCUT2D eigenvalue weighted by Crippen LogP contribution is 2.35. The normalized spacial score (nSPS) is 19.2. The van der Waals surface area contributed by atoms with Crippen molar-refractivity contribution in [3.8, 4) is 5.75 Å². The second-order valence-corrected chi connectivity index (χ2v) is 5.96. The fourth-order valence-corrected chi connectivity index (χ4v) is 3.14. The van der Waals surface area contributed by atoms with Crippen molar-refractivity contribution in [2.75, 3.05) is 36.6 Å². The van der Waals surface area contributed by atoms with Crippen LogP contribution in [0.25, 0.3) is 0 Å². The topological polar surface area (TPSA) is 91.4 Å². The van der Waals surface area contributed by atoms with Crippen LogP contribution in [0.5, 0.6) is 5.75 Å². The first-order valence-electron chi connectivity index (χ1n) is 8.36. The third kappa shape index (κ3) is 3.08. The standard InChI is InChI=1S/C17H20N6O2/c1-2-25-11-3-4-13-12(7-11)17(22-21-13)14-8-15(20-10-19-14)23-6-5-18-16(24)9-23/h3-4,7-8,10,17,21-22H,2,5-6,9H2,1H3,(H,18,24). The molecule has 4 rings (SSSR count). The van der Waals surface area contributed by atoms with Crippen molar-refractivity contribution in [3.63, 3.8) is 0 Å². The van der Waals surface area contributed by atoms with E-state index in [0.29, 0.717) is 19.7 Å². The molecule has 0 radical (unpaired) electrons. The Balaban J connectivity index is 1.62. The largest absolute Gasteiger partial charge is 0.494 e. The summed E-state index contributed by atoms with van der Waals surface area (Å²) >= 11 is 0. The van der Waals surface area contributed by atoms with Gasteiger partial charge in [0.2, 0.25) is 5.91 Å². The predicted octanol–water partition coefficient (Wildman–Crippen LogP) is 0.831. The van der Waals surface area contributed by atoms with Gasteiger partial charge in [-0.25, -0.2) is 15.4 Å². The van der Waals surface area contributed by atoms with Gasteiger partial charge in [-0.05, 0) is 25.1 Å². The minimum atomic E-state index is -0.101. The Morgan fingerprint density at radius 1 is 1.32 bits per heavy atom. The Kier molecular flexibility index (Phi) is 4.10. The fourth-order valence-electron chi connectivity index (χ4n) is 3.14. The maximum absolute atomic E-state index is 11.6. The number of carbonyl (C=O) groups is 1. The number of carbonyl (C=O) groups excluding carboxylic acids is 1. The van der Waals surface area contributed by atoms with Crippen molar-refractivity contribution in [3.05, 3.63) is 41.9 Å². The van der Waals surface area contributed by atoms with Crippen LogP contribution in [0.15, 0.2) is 30.6 Å². The molecule has 0 spiro atoms. The van der Waals surface area contributed by atoms with Crippen LogP contribution >= 0.6 is 0 Å². The van der Waals surface area contributed by atoms with E-state index < -0.39 is 0 Å². The number of nitrogens with zero attached hydrogens (tertiary/aromatic N) is 3. The Morgan fingerprint density at radius 3 is 3.08 bits per heavy atom. The number of ether oxygens (including phenoxy) is 1. The summed E-state index contributed by atoms with van der Waals surface area (Å²) in [5, 5.41) is 2.82. The summed E-state index contributed by atoms with van der Waals surface area (Å²) in [4.78, 5) is 22.3. The van der Waals surface area contributed by atoms with Crippen LogP contribution in [-0.4, -0.2) is 42.1 Å². The first-order valence-corrected chi connectivity index (χ1v) is 8.36. The summed E-state index contributed by atoms with van der Waals surface area (Å²) in [7, 11) is 0. The quantitative estimate of drug-likeness (QED) is 0.759. The fraction of sp³-hybridized carbons (Fsp3) is 0.353. The zero-order valence-electron chi connectivity index (χ0n) is 14.0. The molecule has 2 aliphatic heterocycles. The lowest BCUT2D eigenvalue weighted by atomic mass is 10.0. The van der Waals surface area contributed by atoms with Gasteiger partial charge in [-0.2, -0.15) is 0 Å². The number of amides is 1. The number of hydrogen-bond donors (Lipinski definition) is 3. The van der Waals surface area contributed by atoms with Crippen LogP contribution in [0.1, 0.15) is 24.2 Å². The molecule has 0 bridgehead atoms. The first kappa shape index (κ1) is 15.6. The van der Waals surface area contributed by atoms with Gasteiger partial charge in [-0.3, -0.25) is 4.79 Å². The highest BCUT2D eigenvalue weighted by atomic mass is 16.5. The number of piperazine rings is 1. The minimum Gasteiger partial charge on any atom is -0.494 e. The second-order valence-electron chi connectivity index (χ2n) is 5.96. The molecule has 3 N–H and O–H groups in total. The molecular weight excluding hydrogens is 320 g/mol. The molecule has 1 saturated heterocycles. The van der Waals surface area contributed by atoms with Crippen LogP contribution in [0.4, 0.5) is 11.5 Å². The molecule has 0 saturated carbocycles. The number of rotatable bonds is 4. The summed E-state index contributed by atoms with van der Waals surface area (Å²) in [5.74, 6) is 1.61. The van der Waals surface area contributed by atoms with Gasteiger partial charge in [-0.15, -0.1) is 0 Å². The molecule has 130 valence electrons. The molecule has 25 heavy (non-hydrogen) atoms. The van der Waals surface area contributed by atoms with Crippen LogP contribution in [0.2, 0.25) is 0 Å². The molecule has 1 fully saturated rings. The smallest absolute Gasteiger partial charge is 0.239 e. The molecule has 1 unspecified atom stereocenters. The van der Waals surface area contributed by atoms with E-state index in [2.05, 4.69) is 26.1 Å². The second kappa shape index (κ2) is 6.56. The maximum atomic E-state index is 11.6. The third-order valence-electron chi connectivity index (χ3n) is 4.33. The Morgan fingerprint density at radius 2 is 2.24 bits per heavy atom. The maximum Gasteiger partial charge on any atom is 0.239 e. The van der Waals surface area contributed by atoms with Crippen LogP contribution < -0.4 is 25.8 Å². The lowest BCUT2D eigenvalue weighted by Crippen LogP contribution is -2.48. The van der Waals surface area contributed by atoms with Gasteiger partial charge in [0.05, 0.1) is 30.6 Å². The molecular formula is C17H20N6O2. The Labute approximate surface area is 145 Å². The molecule has 0 aliphatic carbocycles. The molecule has 8 nitrogen and oxygen atoms in total. The zero-order chi connectivity index (χ0) is 17.2. The van der Waals surface area contributed by atoms with Gasteiger partial charge < -0.3 is 20.4 Å². The van der Waals surface area contributed by atoms with Crippen molar-refractivity contribution >= 4 is 17.4 Å². The van der Waals surface area contributed by atoms with Crippen molar-refractivity contribution in [1.82, 2.24) is 20.7 Å². The van der Waals surface area contributed by atoms with Crippen LogP contribution in [0, 0.1) is 0 Å². The number of nitrogens with one attached hydrogen (secondary N) is 3. The summed E-state index contributed by atoms with van der Waals surface area (Å²) in [6.07, 6.45) is 1.54. The van der Waals surface area contributed by atoms with Crippen molar-refractivity contribution in [1.29, 1.82) is 0 Å². The van der Waals surface area contributed by atoms with Crippen molar-refractivity contribution in [2.24, 2.45) is 0 Å². The number of fused-ring (bicyclic) bond motifs is 1. The highest BCUT2D eigenvalue weighted by molar-refractivity contribution is 5.82. The van der Waals surface area contributed by atoms with E-state index in [-0.39, 0.29) is 11.9 Å². The van der Waals surface area contributed by atoms with E-state index in [1.807, 2.05) is 36.1 Å². The van der Waals surface area contributed by atoms with Gasteiger partial charge in [0, 0.05) is 24.7 Å². The summed E-state index contributed by atoms with van der Waals surface area (Å²) in [6.45, 7) is 4.27. The van der Waals surface area contributed by atoms with Gasteiger partial charge in [0.15, 0.2) is 0 Å². The molecule has 1 aromatic heterocycles. The zero-order valence-corrected chi connectivity index (χ0v) is 14.0. The average molecular weight is 340 g/mol. The van der Waals surface area contributed by atoms with Gasteiger partial charge in [0.1, 0.15) is 17.9 Å². The third-order valence-corrected chi connectivity index (χ3v) is 4.33. The van der Waals surface area contributed by atoms with Gasteiger partial charge in [0.25, 0.3) is 0 Å². The summed E-state index contributed by atoms with van der Waals surface area (Å²) in [5.41, 5.74) is 9.36. The number of anilines is 2. The first-order chi connectivity index (χ1) is 12.2.